The van der Waals surface area contributed by atoms with E-state index >= 15 is 4.79 Å². The fourth-order valence-electron chi connectivity index (χ4n) is 8.77. The van der Waals surface area contributed by atoms with Gasteiger partial charge in [-0.15, -0.1) is 27.8 Å². The number of fused-ring (bicyclic) bond motifs is 2. The highest BCUT2D eigenvalue weighted by molar-refractivity contribution is 7.23. The summed E-state index contributed by atoms with van der Waals surface area (Å²) in [5.74, 6) is -6.66. The maximum Gasteiger partial charge on any atom is 0.243 e. The van der Waals surface area contributed by atoms with E-state index in [9.17, 15) is 33.6 Å². The standard InChI is InChI=1S/C47H57N11O8S2/c1-3-26(2)30-21-37(59)33(22-41(48)60)52-43(62)16-15-42(61)50-17-7-6-11-32(44(49)63)53-45(64)34(19-27-23-51-31-10-5-4-9-29(27)31)54-46(65)36-20-28(24-57(36)47(30)66)58-25-35(55-56-58)38-13-14-40(68-38)39-12-8-18-67-39/h4-5,8-10,12-14,18,23,25-26,28,30,32-34,36,51H,3,6-7,11,15-17,19-22,24H2,1-2H3,(H2,48,60)(H2,49,63)(H,50,61)(H,52,62)(H,53,64)(H,54,65)/t26-,28-,30-,32-,33-,34-,36-/m0/s1. The molecule has 0 radical (unpaired) electrons. The number of carbonyl (C=O) groups excluding carboxylic acids is 8. The Morgan fingerprint density at radius 3 is 2.41 bits per heavy atom. The molecule has 0 unspecified atom stereocenters. The zero-order chi connectivity index (χ0) is 48.5. The first-order valence-electron chi connectivity index (χ1n) is 22.9. The molecule has 2 aliphatic heterocycles. The number of aromatic amines is 1. The van der Waals surface area contributed by atoms with E-state index in [1.54, 1.807) is 46.7 Å². The Bertz CT molecular complexity index is 2640. The van der Waals surface area contributed by atoms with Crippen LogP contribution in [-0.2, 0) is 44.8 Å². The molecule has 7 rings (SSSR count). The SMILES string of the molecule is CC[C@H](C)[C@@H]1CC(=O)[C@H](CC(N)=O)NC(=O)CCC(=O)NCCCC[C@@H](C(N)=O)NC(=O)[C@H](Cc2c[nH]c3ccccc23)NC(=O)[C@@H]2C[C@H](n3cc(-c4ccc(-c5cccs5)s4)nn3)CN2C1=O. The van der Waals surface area contributed by atoms with Crippen LogP contribution in [0.25, 0.3) is 31.2 Å². The highest BCUT2D eigenvalue weighted by Gasteiger charge is 2.45. The fraction of sp³-hybridized carbons (Fsp3) is 0.447. The normalized spacial score (nSPS) is 23.6. The molecule has 2 saturated heterocycles. The molecule has 1 aromatic carbocycles. The number of rotatable bonds is 10. The molecule has 68 heavy (non-hydrogen) atoms. The van der Waals surface area contributed by atoms with Crippen molar-refractivity contribution in [3.8, 4) is 20.3 Å². The monoisotopic (exact) mass is 967 g/mol. The molecular formula is C47H57N11O8S2. The number of nitrogens with one attached hydrogen (secondary N) is 5. The number of primary amides is 2. The molecule has 0 bridgehead atoms. The number of ketones is 1. The molecular weight excluding hydrogens is 911 g/mol. The molecule has 0 aliphatic carbocycles. The number of hydrogen-bond donors (Lipinski definition) is 7. The summed E-state index contributed by atoms with van der Waals surface area (Å²) in [6, 6.07) is 9.99. The molecule has 4 aromatic heterocycles. The third kappa shape index (κ3) is 12.0. The van der Waals surface area contributed by atoms with E-state index in [0.717, 1.165) is 25.5 Å². The molecule has 7 atom stereocenters. The largest absolute Gasteiger partial charge is 0.370 e. The van der Waals surface area contributed by atoms with Crippen molar-refractivity contribution in [2.45, 2.75) is 108 Å². The lowest BCUT2D eigenvalue weighted by molar-refractivity contribution is -0.145. The predicted octanol–water partition coefficient (Wildman–Crippen LogP) is 3.12. The minimum Gasteiger partial charge on any atom is -0.370 e. The first-order valence-corrected chi connectivity index (χ1v) is 24.6. The Hall–Kier alpha value is -6.74. The zero-order valence-electron chi connectivity index (χ0n) is 37.9. The van der Waals surface area contributed by atoms with Crippen LogP contribution >= 0.6 is 22.7 Å². The van der Waals surface area contributed by atoms with Crippen molar-refractivity contribution in [3.63, 3.8) is 0 Å². The second-order valence-electron chi connectivity index (χ2n) is 17.5. The summed E-state index contributed by atoms with van der Waals surface area (Å²) in [5.41, 5.74) is 13.4. The number of thiophene rings is 2. The maximum absolute atomic E-state index is 15.1. The Kier molecular flexibility index (Phi) is 16.2. The van der Waals surface area contributed by atoms with E-state index in [-0.39, 0.29) is 45.2 Å². The van der Waals surface area contributed by atoms with E-state index < -0.39 is 102 Å². The fourth-order valence-corrected chi connectivity index (χ4v) is 10.6. The number of nitrogens with zero attached hydrogens (tertiary/aromatic N) is 4. The van der Waals surface area contributed by atoms with Crippen LogP contribution in [0.15, 0.2) is 66.3 Å². The average Bonchev–Trinajstić information content (AvgIpc) is 4.18. The van der Waals surface area contributed by atoms with Gasteiger partial charge in [0.1, 0.15) is 23.8 Å². The Morgan fingerprint density at radius 2 is 1.66 bits per heavy atom. The molecule has 360 valence electrons. The Balaban J connectivity index is 1.24. The first kappa shape index (κ1) is 49.2. The smallest absolute Gasteiger partial charge is 0.243 e. The lowest BCUT2D eigenvalue weighted by Crippen LogP contribution is -2.57. The quantitative estimate of drug-likeness (QED) is 0.107. The van der Waals surface area contributed by atoms with Gasteiger partial charge >= 0.3 is 0 Å². The van der Waals surface area contributed by atoms with E-state index in [2.05, 4.69) is 36.6 Å². The molecule has 0 spiro atoms. The van der Waals surface area contributed by atoms with Crippen molar-refractivity contribution in [2.24, 2.45) is 23.3 Å². The second-order valence-corrected chi connectivity index (χ2v) is 19.5. The van der Waals surface area contributed by atoms with Crippen LogP contribution in [0.4, 0.5) is 0 Å². The van der Waals surface area contributed by atoms with Gasteiger partial charge in [-0.1, -0.05) is 49.7 Å². The second kappa shape index (κ2) is 22.4. The van der Waals surface area contributed by atoms with Crippen molar-refractivity contribution in [2.75, 3.05) is 13.1 Å². The third-order valence-corrected chi connectivity index (χ3v) is 15.0. The number of nitrogens with two attached hydrogens (primary N) is 2. The van der Waals surface area contributed by atoms with Crippen LogP contribution in [0, 0.1) is 11.8 Å². The first-order chi connectivity index (χ1) is 32.7. The number of H-pyrrole nitrogens is 1. The van der Waals surface area contributed by atoms with Crippen molar-refractivity contribution >= 4 is 80.7 Å². The Labute approximate surface area is 400 Å². The number of amides is 7. The summed E-state index contributed by atoms with van der Waals surface area (Å²) in [5, 5.41) is 22.7. The minimum atomic E-state index is -1.37. The number of Topliss-reactive ketones (excluding diaryl/α,β-unsaturated/α-hetero) is 1. The summed E-state index contributed by atoms with van der Waals surface area (Å²) < 4.78 is 1.62. The van der Waals surface area contributed by atoms with Gasteiger partial charge in [0, 0.05) is 78.0 Å². The van der Waals surface area contributed by atoms with Gasteiger partial charge in [-0.05, 0) is 60.4 Å². The van der Waals surface area contributed by atoms with Gasteiger partial charge in [0.25, 0.3) is 0 Å². The number of benzene rings is 1. The molecule has 19 nitrogen and oxygen atoms in total. The molecule has 2 aliphatic rings. The zero-order valence-corrected chi connectivity index (χ0v) is 39.5. The van der Waals surface area contributed by atoms with Crippen molar-refractivity contribution in [1.29, 1.82) is 0 Å². The predicted molar refractivity (Wildman–Crippen MR) is 255 cm³/mol. The topological polar surface area (TPSA) is 286 Å². The lowest BCUT2D eigenvalue weighted by atomic mass is 9.84. The summed E-state index contributed by atoms with van der Waals surface area (Å²) in [7, 11) is 0. The summed E-state index contributed by atoms with van der Waals surface area (Å²) in [6.07, 6.45) is 3.49. The highest BCUT2D eigenvalue weighted by Crippen LogP contribution is 2.37. The van der Waals surface area contributed by atoms with E-state index in [4.69, 9.17) is 11.5 Å². The summed E-state index contributed by atoms with van der Waals surface area (Å²) >= 11 is 3.18. The highest BCUT2D eigenvalue weighted by atomic mass is 32.1. The molecule has 6 heterocycles. The van der Waals surface area contributed by atoms with Crippen molar-refractivity contribution in [3.05, 3.63) is 71.9 Å². The van der Waals surface area contributed by atoms with Crippen LogP contribution < -0.4 is 32.7 Å². The minimum absolute atomic E-state index is 0.000866. The van der Waals surface area contributed by atoms with E-state index in [1.165, 1.54) is 4.90 Å². The molecule has 2 fully saturated rings. The van der Waals surface area contributed by atoms with Crippen LogP contribution in [0.5, 0.6) is 0 Å². The number of para-hydroxylation sites is 1. The number of carbonyl (C=O) groups is 8. The maximum atomic E-state index is 15.1. The van der Waals surface area contributed by atoms with Gasteiger partial charge in [0.2, 0.25) is 41.4 Å². The van der Waals surface area contributed by atoms with E-state index in [1.807, 2.05) is 60.8 Å². The lowest BCUT2D eigenvalue weighted by Gasteiger charge is -2.32. The average molecular weight is 968 g/mol. The molecule has 5 aromatic rings. The van der Waals surface area contributed by atoms with Crippen LogP contribution in [0.2, 0.25) is 0 Å². The van der Waals surface area contributed by atoms with Crippen LogP contribution in [0.1, 0.15) is 83.2 Å². The van der Waals surface area contributed by atoms with Gasteiger partial charge in [-0.25, -0.2) is 4.68 Å². The molecule has 21 heteroatoms. The van der Waals surface area contributed by atoms with Crippen LogP contribution in [-0.4, -0.2) is 109 Å². The van der Waals surface area contributed by atoms with E-state index in [0.29, 0.717) is 30.5 Å². The summed E-state index contributed by atoms with van der Waals surface area (Å²) in [6.45, 7) is 3.84. The summed E-state index contributed by atoms with van der Waals surface area (Å²) in [4.78, 5) is 117. The van der Waals surface area contributed by atoms with Gasteiger partial charge in [-0.2, -0.15) is 0 Å². The molecule has 9 N–H and O–H groups in total. The van der Waals surface area contributed by atoms with Gasteiger partial charge in [-0.3, -0.25) is 38.4 Å². The molecule has 7 amide bonds. The van der Waals surface area contributed by atoms with Crippen LogP contribution in [0.3, 0.4) is 0 Å². The van der Waals surface area contributed by atoms with Gasteiger partial charge in [0.15, 0.2) is 5.78 Å². The van der Waals surface area contributed by atoms with Crippen molar-refractivity contribution < 1.29 is 38.4 Å². The number of hydrogen-bond acceptors (Lipinski definition) is 12. The van der Waals surface area contributed by atoms with Gasteiger partial charge in [0.05, 0.1) is 29.6 Å². The van der Waals surface area contributed by atoms with Gasteiger partial charge < -0.3 is 42.6 Å². The third-order valence-electron chi connectivity index (χ3n) is 12.8. The number of aromatic nitrogens is 4. The molecule has 0 saturated carbocycles. The Morgan fingerprint density at radius 1 is 0.882 bits per heavy atom. The van der Waals surface area contributed by atoms with Crippen molar-refractivity contribution in [1.82, 2.24) is 46.1 Å².